The summed E-state index contributed by atoms with van der Waals surface area (Å²) in [5.41, 5.74) is 4.74. The quantitative estimate of drug-likeness (QED) is 0.858. The van der Waals surface area contributed by atoms with Crippen molar-refractivity contribution in [1.82, 2.24) is 14.8 Å². The smallest absolute Gasteiger partial charge is 0.0694 e. The molecule has 0 N–H and O–H groups in total. The van der Waals surface area contributed by atoms with E-state index < -0.39 is 0 Å². The van der Waals surface area contributed by atoms with Crippen LogP contribution < -0.4 is 0 Å². The van der Waals surface area contributed by atoms with E-state index in [2.05, 4.69) is 33.0 Å². The average Bonchev–Trinajstić information content (AvgIpc) is 3.27. The van der Waals surface area contributed by atoms with Crippen LogP contribution in [-0.4, -0.2) is 27.0 Å². The largest absolute Gasteiger partial charge is 0.284 e. The fourth-order valence-corrected chi connectivity index (χ4v) is 3.67. The monoisotopic (exact) mass is 306 g/mol. The summed E-state index contributed by atoms with van der Waals surface area (Å²) >= 11 is 0. The Hall–Kier alpha value is -2.23. The highest BCUT2D eigenvalue weighted by Crippen LogP contribution is 2.31. The molecule has 1 aliphatic heterocycles. The zero-order chi connectivity index (χ0) is 15.5. The standard InChI is InChI=1S/C19H22N4/c1-2-8-17(7-1)23-18(9-12-22-23)13-15-5-4-11-21-19(15)16-6-3-10-20-14-16/h3,6,9-10,12-14,17H,1-2,4-5,7-8,11H2/b15-13+. The second kappa shape index (κ2) is 6.49. The minimum absolute atomic E-state index is 0.569. The van der Waals surface area contributed by atoms with Crippen LogP contribution in [0, 0.1) is 0 Å². The first kappa shape index (κ1) is 14.4. The lowest BCUT2D eigenvalue weighted by atomic mass is 9.96. The van der Waals surface area contributed by atoms with Gasteiger partial charge in [0, 0.05) is 30.7 Å². The van der Waals surface area contributed by atoms with Gasteiger partial charge in [0.05, 0.1) is 17.4 Å². The molecule has 118 valence electrons. The van der Waals surface area contributed by atoms with Crippen molar-refractivity contribution in [2.75, 3.05) is 6.54 Å². The van der Waals surface area contributed by atoms with Crippen LogP contribution in [0.15, 0.2) is 47.4 Å². The fourth-order valence-electron chi connectivity index (χ4n) is 3.67. The van der Waals surface area contributed by atoms with Crippen LogP contribution in [0.1, 0.15) is 55.8 Å². The van der Waals surface area contributed by atoms with Gasteiger partial charge in [-0.2, -0.15) is 5.10 Å². The van der Waals surface area contributed by atoms with E-state index in [1.54, 1.807) is 0 Å². The number of allylic oxidation sites excluding steroid dienone is 1. The predicted octanol–water partition coefficient (Wildman–Crippen LogP) is 4.06. The molecule has 1 aliphatic carbocycles. The molecule has 0 atom stereocenters. The summed E-state index contributed by atoms with van der Waals surface area (Å²) in [6, 6.07) is 6.77. The third-order valence-corrected chi connectivity index (χ3v) is 4.81. The van der Waals surface area contributed by atoms with Crippen LogP contribution in [0.4, 0.5) is 0 Å². The Balaban J connectivity index is 1.68. The number of rotatable bonds is 3. The van der Waals surface area contributed by atoms with E-state index in [9.17, 15) is 0 Å². The molecule has 4 nitrogen and oxygen atoms in total. The van der Waals surface area contributed by atoms with Crippen molar-refractivity contribution in [3.8, 4) is 0 Å². The second-order valence-corrected chi connectivity index (χ2v) is 6.38. The lowest BCUT2D eigenvalue weighted by Gasteiger charge is -2.18. The van der Waals surface area contributed by atoms with Gasteiger partial charge in [-0.05, 0) is 55.5 Å². The van der Waals surface area contributed by atoms with Gasteiger partial charge in [-0.3, -0.25) is 14.7 Å². The van der Waals surface area contributed by atoms with Crippen LogP contribution in [-0.2, 0) is 0 Å². The third kappa shape index (κ3) is 2.98. The Labute approximate surface area is 137 Å². The van der Waals surface area contributed by atoms with Gasteiger partial charge >= 0.3 is 0 Å². The van der Waals surface area contributed by atoms with Gasteiger partial charge in [0.25, 0.3) is 0 Å². The van der Waals surface area contributed by atoms with Gasteiger partial charge in [0.15, 0.2) is 0 Å². The summed E-state index contributed by atoms with van der Waals surface area (Å²) in [4.78, 5) is 9.01. The molecule has 3 heterocycles. The molecule has 2 aromatic heterocycles. The molecule has 4 heteroatoms. The lowest BCUT2D eigenvalue weighted by Crippen LogP contribution is -2.13. The minimum Gasteiger partial charge on any atom is -0.284 e. The minimum atomic E-state index is 0.569. The highest BCUT2D eigenvalue weighted by atomic mass is 15.3. The highest BCUT2D eigenvalue weighted by Gasteiger charge is 2.20. The van der Waals surface area contributed by atoms with Crippen molar-refractivity contribution in [3.05, 3.63) is 53.6 Å². The molecule has 1 fully saturated rings. The number of hydrogen-bond acceptors (Lipinski definition) is 3. The van der Waals surface area contributed by atoms with Crippen molar-refractivity contribution < 1.29 is 0 Å². The van der Waals surface area contributed by atoms with Crippen LogP contribution in [0.5, 0.6) is 0 Å². The van der Waals surface area contributed by atoms with Crippen molar-refractivity contribution in [2.24, 2.45) is 4.99 Å². The second-order valence-electron chi connectivity index (χ2n) is 6.38. The van der Waals surface area contributed by atoms with Gasteiger partial charge in [-0.1, -0.05) is 12.8 Å². The number of nitrogens with zero attached hydrogens (tertiary/aromatic N) is 4. The summed E-state index contributed by atoms with van der Waals surface area (Å²) in [6.07, 6.45) is 15.3. The van der Waals surface area contributed by atoms with E-state index in [0.29, 0.717) is 6.04 Å². The molecule has 0 aromatic carbocycles. The normalized spacial score (nSPS) is 20.9. The summed E-state index contributed by atoms with van der Waals surface area (Å²) in [5, 5.41) is 4.58. The van der Waals surface area contributed by atoms with E-state index in [-0.39, 0.29) is 0 Å². The highest BCUT2D eigenvalue weighted by molar-refractivity contribution is 6.15. The summed E-state index contributed by atoms with van der Waals surface area (Å²) < 4.78 is 2.22. The Kier molecular flexibility index (Phi) is 4.05. The molecular formula is C19H22N4. The topological polar surface area (TPSA) is 43.1 Å². The Morgan fingerprint density at radius 1 is 1.09 bits per heavy atom. The van der Waals surface area contributed by atoms with Gasteiger partial charge in [0.2, 0.25) is 0 Å². The van der Waals surface area contributed by atoms with Crippen LogP contribution in [0.25, 0.3) is 6.08 Å². The molecule has 4 rings (SSSR count). The van der Waals surface area contributed by atoms with E-state index >= 15 is 0 Å². The van der Waals surface area contributed by atoms with Crippen LogP contribution in [0.2, 0.25) is 0 Å². The summed E-state index contributed by atoms with van der Waals surface area (Å²) in [7, 11) is 0. The maximum Gasteiger partial charge on any atom is 0.0694 e. The zero-order valence-electron chi connectivity index (χ0n) is 13.4. The van der Waals surface area contributed by atoms with Crippen LogP contribution >= 0.6 is 0 Å². The van der Waals surface area contributed by atoms with Crippen molar-refractivity contribution >= 4 is 11.8 Å². The number of aromatic nitrogens is 3. The number of aliphatic imine (C=N–C) groups is 1. The molecule has 1 saturated carbocycles. The maximum atomic E-state index is 4.77. The average molecular weight is 306 g/mol. The fraction of sp³-hybridized carbons (Fsp3) is 0.421. The van der Waals surface area contributed by atoms with E-state index in [0.717, 1.165) is 30.7 Å². The lowest BCUT2D eigenvalue weighted by molar-refractivity contribution is 0.463. The van der Waals surface area contributed by atoms with Gasteiger partial charge < -0.3 is 0 Å². The molecule has 0 spiro atoms. The van der Waals surface area contributed by atoms with E-state index in [1.165, 1.54) is 37.0 Å². The van der Waals surface area contributed by atoms with E-state index in [4.69, 9.17) is 4.99 Å². The zero-order valence-corrected chi connectivity index (χ0v) is 13.4. The molecule has 23 heavy (non-hydrogen) atoms. The summed E-state index contributed by atoms with van der Waals surface area (Å²) in [5.74, 6) is 0. The number of pyridine rings is 1. The van der Waals surface area contributed by atoms with Gasteiger partial charge in [0.1, 0.15) is 0 Å². The molecular weight excluding hydrogens is 284 g/mol. The Morgan fingerprint density at radius 3 is 2.83 bits per heavy atom. The molecule has 0 amide bonds. The molecule has 2 aromatic rings. The molecule has 0 unspecified atom stereocenters. The number of hydrogen-bond donors (Lipinski definition) is 0. The molecule has 2 aliphatic rings. The molecule has 0 radical (unpaired) electrons. The Morgan fingerprint density at radius 2 is 2.00 bits per heavy atom. The summed E-state index contributed by atoms with van der Waals surface area (Å²) in [6.45, 7) is 0.906. The first-order valence-electron chi connectivity index (χ1n) is 8.61. The van der Waals surface area contributed by atoms with Crippen molar-refractivity contribution in [1.29, 1.82) is 0 Å². The molecule has 0 bridgehead atoms. The maximum absolute atomic E-state index is 4.77. The van der Waals surface area contributed by atoms with Gasteiger partial charge in [-0.15, -0.1) is 0 Å². The Bertz CT molecular complexity index is 721. The predicted molar refractivity (Wildman–Crippen MR) is 92.6 cm³/mol. The van der Waals surface area contributed by atoms with Crippen LogP contribution in [0.3, 0.4) is 0 Å². The molecule has 0 saturated heterocycles. The first-order chi connectivity index (χ1) is 11.4. The van der Waals surface area contributed by atoms with Crippen molar-refractivity contribution in [2.45, 2.75) is 44.6 Å². The van der Waals surface area contributed by atoms with Gasteiger partial charge in [-0.25, -0.2) is 0 Å². The SMILES string of the molecule is C(=C1/CCCN=C1c1cccnc1)/c1ccnn1C1CCCC1. The third-order valence-electron chi connectivity index (χ3n) is 4.81. The van der Waals surface area contributed by atoms with Crippen molar-refractivity contribution in [3.63, 3.8) is 0 Å². The first-order valence-corrected chi connectivity index (χ1v) is 8.61. The van der Waals surface area contributed by atoms with E-state index in [1.807, 2.05) is 24.7 Å².